The van der Waals surface area contributed by atoms with E-state index in [9.17, 15) is 0 Å². The van der Waals surface area contributed by atoms with Crippen LogP contribution in [0.15, 0.2) is 126 Å². The lowest BCUT2D eigenvalue weighted by Crippen LogP contribution is -2.41. The van der Waals surface area contributed by atoms with Crippen LogP contribution in [-0.4, -0.2) is 39.8 Å². The van der Waals surface area contributed by atoms with Gasteiger partial charge in [-0.15, -0.1) is 4.57 Å². The van der Waals surface area contributed by atoms with E-state index in [1.54, 1.807) is 12.4 Å². The van der Waals surface area contributed by atoms with Crippen LogP contribution in [0.4, 0.5) is 34.4 Å². The summed E-state index contributed by atoms with van der Waals surface area (Å²) >= 11 is 0. The third-order valence-corrected chi connectivity index (χ3v) is 10.3. The maximum Gasteiger partial charge on any atom is 0.242 e. The second kappa shape index (κ2) is 15.4. The Labute approximate surface area is 316 Å². The van der Waals surface area contributed by atoms with Crippen molar-refractivity contribution in [3.05, 3.63) is 126 Å². The number of nitrogens with one attached hydrogen (secondary N) is 2. The van der Waals surface area contributed by atoms with E-state index in [2.05, 4.69) is 117 Å². The maximum atomic E-state index is 6.13. The molecular weight excluding hydrogens is 669 g/mol. The predicted molar refractivity (Wildman–Crippen MR) is 222 cm³/mol. The van der Waals surface area contributed by atoms with E-state index >= 15 is 0 Å². The molecule has 10 heteroatoms. The van der Waals surface area contributed by atoms with Crippen LogP contribution in [-0.2, 0) is 0 Å². The number of nitrogen functional groups attached to an aromatic ring is 2. The molecule has 1 aliphatic carbocycles. The fraction of sp³-hybridized carbons (Fsp3) is 0.250. The Bertz CT molecular complexity index is 2400. The van der Waals surface area contributed by atoms with Crippen molar-refractivity contribution in [3.8, 4) is 5.69 Å². The van der Waals surface area contributed by atoms with Gasteiger partial charge in [0.2, 0.25) is 16.7 Å². The highest BCUT2D eigenvalue weighted by atomic mass is 15.2. The smallest absolute Gasteiger partial charge is 0.242 e. The van der Waals surface area contributed by atoms with Crippen molar-refractivity contribution in [1.29, 1.82) is 0 Å². The number of aliphatic imine (C=N–C) groups is 1. The molecule has 6 aromatic rings. The Morgan fingerprint density at radius 2 is 1.39 bits per heavy atom. The number of hydrogen-bond acceptors (Lipinski definition) is 9. The van der Waals surface area contributed by atoms with Crippen LogP contribution >= 0.6 is 0 Å². The third-order valence-electron chi connectivity index (χ3n) is 10.3. The van der Waals surface area contributed by atoms with Crippen molar-refractivity contribution in [2.24, 2.45) is 4.99 Å². The van der Waals surface area contributed by atoms with Gasteiger partial charge < -0.3 is 27.0 Å². The number of benzene rings is 3. The molecule has 0 spiro atoms. The molecule has 6 N–H and O–H groups in total. The van der Waals surface area contributed by atoms with Crippen molar-refractivity contribution >= 4 is 62.2 Å². The monoisotopic (exact) mass is 715 g/mol. The van der Waals surface area contributed by atoms with E-state index in [1.165, 1.54) is 42.5 Å². The number of aryl methyl sites for hydroxylation is 1. The van der Waals surface area contributed by atoms with Crippen molar-refractivity contribution < 1.29 is 4.57 Å². The molecule has 54 heavy (non-hydrogen) atoms. The largest absolute Gasteiger partial charge is 0.385 e. The quantitative estimate of drug-likeness (QED) is 0.0532. The number of hydrogen-bond donors (Lipinski definition) is 4. The number of anilines is 5. The van der Waals surface area contributed by atoms with Crippen LogP contribution < -0.4 is 31.6 Å². The molecule has 0 bridgehead atoms. The third kappa shape index (κ3) is 7.19. The van der Waals surface area contributed by atoms with E-state index in [-0.39, 0.29) is 6.04 Å². The van der Waals surface area contributed by atoms with Gasteiger partial charge >= 0.3 is 0 Å². The average Bonchev–Trinajstić information content (AvgIpc) is 3.18. The number of aromatic nitrogens is 4. The van der Waals surface area contributed by atoms with Gasteiger partial charge in [0.1, 0.15) is 22.8 Å². The predicted octanol–water partition coefficient (Wildman–Crippen LogP) is 8.41. The number of nitrogens with two attached hydrogens (primary N) is 2. The molecule has 1 atom stereocenters. The summed E-state index contributed by atoms with van der Waals surface area (Å²) < 4.78 is 2.23. The summed E-state index contributed by atoms with van der Waals surface area (Å²) in [6.45, 7) is 6.16. The fourth-order valence-corrected chi connectivity index (χ4v) is 7.55. The minimum atomic E-state index is -0.0296. The molecule has 0 saturated carbocycles. The van der Waals surface area contributed by atoms with Gasteiger partial charge in [-0.3, -0.25) is 0 Å². The number of allylic oxidation sites excluding steroid dienone is 1. The van der Waals surface area contributed by atoms with Gasteiger partial charge in [-0.05, 0) is 68.2 Å². The summed E-state index contributed by atoms with van der Waals surface area (Å²) in [5, 5.41) is 7.45. The lowest BCUT2D eigenvalue weighted by molar-refractivity contribution is -0.538. The summed E-state index contributed by atoms with van der Waals surface area (Å²) in [7, 11) is 0. The van der Waals surface area contributed by atoms with Gasteiger partial charge in [-0.25, -0.2) is 19.9 Å². The lowest BCUT2D eigenvalue weighted by atomic mass is 9.94. The Hall–Kier alpha value is -6.29. The van der Waals surface area contributed by atoms with Gasteiger partial charge in [0.05, 0.1) is 35.9 Å². The normalized spacial score (nSPS) is 15.0. The first-order chi connectivity index (χ1) is 26.4. The van der Waals surface area contributed by atoms with E-state index in [4.69, 9.17) is 21.4 Å². The standard InChI is InChI=1S/C44H46N10/c1-29-21-35-39(53(31-15-9-7-10-16-31)41-25-43(45)49-27-37(41)51-35)23-33(29)47-19-13-5-3-4-6-14-20-48-34-24-40-36(22-30(34)2)52-38-28-50-44(46)26-42(38)54(40)32-17-11-8-12-18-32/h7-12,15-18,21-28,39,47H,3-6,13-14,19-20H2,1-2H3,(H4,45,46,48,49,50)/p+1. The second-order valence-corrected chi connectivity index (χ2v) is 14.2. The second-order valence-electron chi connectivity index (χ2n) is 14.2. The highest BCUT2D eigenvalue weighted by Gasteiger charge is 2.32. The topological polar surface area (TPSA) is 134 Å². The number of pyridine rings is 2. The van der Waals surface area contributed by atoms with Gasteiger partial charge in [-0.2, -0.15) is 0 Å². The van der Waals surface area contributed by atoms with Gasteiger partial charge in [0.15, 0.2) is 5.52 Å². The molecule has 1 unspecified atom stereocenters. The highest BCUT2D eigenvalue weighted by Crippen LogP contribution is 2.42. The van der Waals surface area contributed by atoms with Gasteiger partial charge in [-0.1, -0.05) is 62.1 Å². The summed E-state index contributed by atoms with van der Waals surface area (Å²) in [5.41, 5.74) is 25.6. The van der Waals surface area contributed by atoms with E-state index < -0.39 is 0 Å². The van der Waals surface area contributed by atoms with Crippen LogP contribution in [0, 0.1) is 6.92 Å². The molecular formula is C44H47N10+. The van der Waals surface area contributed by atoms with E-state index in [0.717, 1.165) is 82.1 Å². The van der Waals surface area contributed by atoms with Crippen LogP contribution in [0.1, 0.15) is 51.0 Å². The number of fused-ring (bicyclic) bond motifs is 4. The summed E-state index contributed by atoms with van der Waals surface area (Å²) in [5.74, 6) is 0.965. The molecule has 4 heterocycles. The van der Waals surface area contributed by atoms with Crippen molar-refractivity contribution in [3.63, 3.8) is 0 Å². The van der Waals surface area contributed by atoms with Crippen molar-refractivity contribution in [2.45, 2.75) is 58.4 Å². The Morgan fingerprint density at radius 1 is 0.722 bits per heavy atom. The zero-order chi connectivity index (χ0) is 37.0. The molecule has 10 nitrogen and oxygen atoms in total. The lowest BCUT2D eigenvalue weighted by Gasteiger charge is -2.38. The first kappa shape index (κ1) is 34.8. The number of rotatable bonds is 13. The molecule has 1 aliphatic heterocycles. The van der Waals surface area contributed by atoms with Gasteiger partial charge in [0, 0.05) is 54.4 Å². The van der Waals surface area contributed by atoms with Crippen molar-refractivity contribution in [1.82, 2.24) is 20.3 Å². The SMILES string of the molecule is CC1=CC2=Nc3cnc(N)cc3N(c3ccccc3)C2C=C1NCCCCCCCCNc1cc2c(cc1C)nc1cnc(N)cc1[n+]2-c1ccccc1. The van der Waals surface area contributed by atoms with Gasteiger partial charge in [0.25, 0.3) is 0 Å². The van der Waals surface area contributed by atoms with Crippen LogP contribution in [0.25, 0.3) is 27.8 Å². The molecule has 2 aliphatic rings. The highest BCUT2D eigenvalue weighted by molar-refractivity contribution is 6.10. The van der Waals surface area contributed by atoms with Crippen molar-refractivity contribution in [2.75, 3.05) is 34.8 Å². The fourth-order valence-electron chi connectivity index (χ4n) is 7.55. The summed E-state index contributed by atoms with van der Waals surface area (Å²) in [6.07, 6.45) is 15.1. The Kier molecular flexibility index (Phi) is 9.89. The van der Waals surface area contributed by atoms with Crippen LogP contribution in [0.5, 0.6) is 0 Å². The summed E-state index contributed by atoms with van der Waals surface area (Å²) in [4.78, 5) is 20.8. The van der Waals surface area contributed by atoms with E-state index in [1.807, 2.05) is 24.3 Å². The number of unbranched alkanes of at least 4 members (excludes halogenated alkanes) is 5. The molecule has 0 radical (unpaired) electrons. The zero-order valence-electron chi connectivity index (χ0n) is 31.0. The minimum absolute atomic E-state index is 0.0296. The molecule has 3 aromatic carbocycles. The molecule has 0 saturated heterocycles. The van der Waals surface area contributed by atoms with Crippen LogP contribution in [0.2, 0.25) is 0 Å². The minimum Gasteiger partial charge on any atom is -0.385 e. The Morgan fingerprint density at radius 3 is 2.17 bits per heavy atom. The summed E-state index contributed by atoms with van der Waals surface area (Å²) in [6, 6.07) is 29.0. The maximum absolute atomic E-state index is 6.13. The molecule has 8 rings (SSSR count). The number of para-hydroxylation sites is 2. The molecule has 3 aromatic heterocycles. The number of nitrogens with zero attached hydrogens (tertiary/aromatic N) is 6. The molecule has 272 valence electrons. The van der Waals surface area contributed by atoms with E-state index in [0.29, 0.717) is 11.6 Å². The average molecular weight is 716 g/mol. The molecule has 0 fully saturated rings. The molecule has 0 amide bonds. The zero-order valence-corrected chi connectivity index (χ0v) is 31.0. The Balaban J connectivity index is 0.833. The first-order valence-electron chi connectivity index (χ1n) is 19.0. The first-order valence-corrected chi connectivity index (χ1v) is 19.0. The van der Waals surface area contributed by atoms with Crippen LogP contribution in [0.3, 0.4) is 0 Å².